The summed E-state index contributed by atoms with van der Waals surface area (Å²) in [6, 6.07) is 7.46. The first-order valence-corrected chi connectivity index (χ1v) is 9.64. The van der Waals surface area contributed by atoms with E-state index in [0.29, 0.717) is 44.6 Å². The minimum absolute atomic E-state index is 0.0349. The van der Waals surface area contributed by atoms with E-state index in [9.17, 15) is 9.59 Å². The first kappa shape index (κ1) is 18.4. The van der Waals surface area contributed by atoms with Crippen molar-refractivity contribution in [1.29, 1.82) is 0 Å². The molecule has 7 heteroatoms. The Kier molecular flexibility index (Phi) is 5.23. The number of carbonyl (C=O) groups is 2. The summed E-state index contributed by atoms with van der Waals surface area (Å²) in [6.07, 6.45) is 4.32. The Morgan fingerprint density at radius 2 is 1.93 bits per heavy atom. The number of fused-ring (bicyclic) bond motifs is 1. The molecule has 3 heterocycles. The highest BCUT2D eigenvalue weighted by Gasteiger charge is 2.30. The lowest BCUT2D eigenvalue weighted by Crippen LogP contribution is -2.44. The molecule has 0 saturated carbocycles. The van der Waals surface area contributed by atoms with E-state index in [4.69, 9.17) is 13.9 Å². The summed E-state index contributed by atoms with van der Waals surface area (Å²) in [5.41, 5.74) is 1.58. The maximum atomic E-state index is 13.0. The lowest BCUT2D eigenvalue weighted by atomic mass is 9.94. The van der Waals surface area contributed by atoms with Crippen molar-refractivity contribution in [3.05, 3.63) is 47.9 Å². The van der Waals surface area contributed by atoms with E-state index in [2.05, 4.69) is 0 Å². The van der Waals surface area contributed by atoms with Gasteiger partial charge in [0.15, 0.2) is 11.5 Å². The second-order valence-corrected chi connectivity index (χ2v) is 7.12. The van der Waals surface area contributed by atoms with Gasteiger partial charge in [0.25, 0.3) is 5.91 Å². The molecule has 1 aromatic carbocycles. The molecule has 0 spiro atoms. The minimum Gasteiger partial charge on any atom is -0.472 e. The number of nitrogens with zero attached hydrogens (tertiary/aromatic N) is 2. The predicted molar refractivity (Wildman–Crippen MR) is 101 cm³/mol. The van der Waals surface area contributed by atoms with Crippen LogP contribution in [0.25, 0.3) is 0 Å². The highest BCUT2D eigenvalue weighted by atomic mass is 16.7. The van der Waals surface area contributed by atoms with Gasteiger partial charge in [-0.3, -0.25) is 9.59 Å². The van der Waals surface area contributed by atoms with E-state index in [0.717, 1.165) is 17.1 Å². The van der Waals surface area contributed by atoms with Crippen LogP contribution in [0.15, 0.2) is 41.2 Å². The van der Waals surface area contributed by atoms with Gasteiger partial charge in [-0.2, -0.15) is 0 Å². The van der Waals surface area contributed by atoms with Crippen LogP contribution in [0.4, 0.5) is 0 Å². The number of benzene rings is 1. The average Bonchev–Trinajstić information content (AvgIpc) is 3.42. The van der Waals surface area contributed by atoms with Crippen LogP contribution in [0.2, 0.25) is 0 Å². The fourth-order valence-electron chi connectivity index (χ4n) is 3.76. The van der Waals surface area contributed by atoms with Crippen molar-refractivity contribution in [2.45, 2.75) is 26.3 Å². The summed E-state index contributed by atoms with van der Waals surface area (Å²) in [5, 5.41) is 0. The summed E-state index contributed by atoms with van der Waals surface area (Å²) >= 11 is 0. The summed E-state index contributed by atoms with van der Waals surface area (Å²) < 4.78 is 15.8. The molecule has 0 atom stereocenters. The summed E-state index contributed by atoms with van der Waals surface area (Å²) in [6.45, 7) is 4.58. The SMILES string of the molecule is CCN(Cc1ccc2c(c1)OCO2)C(=O)C1CCN(C(=O)c2ccoc2)CC1. The number of rotatable bonds is 5. The van der Waals surface area contributed by atoms with Crippen LogP contribution >= 0.6 is 0 Å². The van der Waals surface area contributed by atoms with Crippen LogP contribution in [-0.2, 0) is 11.3 Å². The monoisotopic (exact) mass is 384 g/mol. The number of ether oxygens (including phenoxy) is 2. The molecule has 1 fully saturated rings. The fraction of sp³-hybridized carbons (Fsp3) is 0.429. The standard InChI is InChI=1S/C21H24N2O5/c1-2-22(12-15-3-4-18-19(11-15)28-14-27-18)20(24)16-5-8-23(9-6-16)21(25)17-7-10-26-13-17/h3-4,7,10-11,13,16H,2,5-6,8-9,12,14H2,1H3. The van der Waals surface area contributed by atoms with Gasteiger partial charge in [0, 0.05) is 32.1 Å². The molecule has 4 rings (SSSR count). The van der Waals surface area contributed by atoms with E-state index >= 15 is 0 Å². The summed E-state index contributed by atoms with van der Waals surface area (Å²) in [7, 11) is 0. The molecule has 1 aromatic heterocycles. The Hall–Kier alpha value is -2.96. The number of piperidine rings is 1. The number of carbonyl (C=O) groups excluding carboxylic acids is 2. The smallest absolute Gasteiger partial charge is 0.257 e. The molecule has 1 saturated heterocycles. The molecular weight excluding hydrogens is 360 g/mol. The Labute approximate surface area is 163 Å². The quantitative estimate of drug-likeness (QED) is 0.793. The first-order chi connectivity index (χ1) is 13.7. The van der Waals surface area contributed by atoms with Gasteiger partial charge < -0.3 is 23.7 Å². The molecule has 148 valence electrons. The van der Waals surface area contributed by atoms with Gasteiger partial charge in [0.05, 0.1) is 11.8 Å². The minimum atomic E-state index is -0.0534. The number of hydrogen-bond donors (Lipinski definition) is 0. The second-order valence-electron chi connectivity index (χ2n) is 7.12. The van der Waals surface area contributed by atoms with Gasteiger partial charge >= 0.3 is 0 Å². The fourth-order valence-corrected chi connectivity index (χ4v) is 3.76. The molecule has 2 aliphatic heterocycles. The number of furan rings is 1. The topological polar surface area (TPSA) is 72.2 Å². The average molecular weight is 384 g/mol. The largest absolute Gasteiger partial charge is 0.472 e. The Morgan fingerprint density at radius 1 is 1.14 bits per heavy atom. The van der Waals surface area contributed by atoms with Crippen LogP contribution in [0.1, 0.15) is 35.7 Å². The first-order valence-electron chi connectivity index (χ1n) is 9.64. The van der Waals surface area contributed by atoms with Gasteiger partial charge in [-0.25, -0.2) is 0 Å². The molecule has 2 aromatic rings. The van der Waals surface area contributed by atoms with Gasteiger partial charge in [-0.1, -0.05) is 6.07 Å². The normalized spacial score (nSPS) is 16.2. The van der Waals surface area contributed by atoms with Crippen LogP contribution < -0.4 is 9.47 Å². The Bertz CT molecular complexity index is 840. The molecule has 0 unspecified atom stereocenters. The molecule has 7 nitrogen and oxygen atoms in total. The van der Waals surface area contributed by atoms with Crippen molar-refractivity contribution in [3.63, 3.8) is 0 Å². The van der Waals surface area contributed by atoms with Gasteiger partial charge in [0.2, 0.25) is 12.7 Å². The predicted octanol–water partition coefficient (Wildman–Crippen LogP) is 2.91. The number of hydrogen-bond acceptors (Lipinski definition) is 5. The molecule has 2 aliphatic rings. The van der Waals surface area contributed by atoms with Crippen molar-refractivity contribution in [3.8, 4) is 11.5 Å². The third kappa shape index (κ3) is 3.69. The van der Waals surface area contributed by atoms with E-state index in [-0.39, 0.29) is 24.5 Å². The van der Waals surface area contributed by atoms with Gasteiger partial charge in [0.1, 0.15) is 6.26 Å². The lowest BCUT2D eigenvalue weighted by Gasteiger charge is -2.34. The summed E-state index contributed by atoms with van der Waals surface area (Å²) in [4.78, 5) is 29.1. The third-order valence-electron chi connectivity index (χ3n) is 5.40. The van der Waals surface area contributed by atoms with Gasteiger partial charge in [-0.15, -0.1) is 0 Å². The van der Waals surface area contributed by atoms with E-state index in [1.165, 1.54) is 12.5 Å². The van der Waals surface area contributed by atoms with Crippen molar-refractivity contribution in [1.82, 2.24) is 9.80 Å². The van der Waals surface area contributed by atoms with E-state index < -0.39 is 0 Å². The van der Waals surface area contributed by atoms with Crippen LogP contribution in [0.5, 0.6) is 11.5 Å². The zero-order valence-electron chi connectivity index (χ0n) is 15.9. The molecule has 28 heavy (non-hydrogen) atoms. The second kappa shape index (κ2) is 7.96. The maximum absolute atomic E-state index is 13.0. The van der Waals surface area contributed by atoms with Crippen molar-refractivity contribution < 1.29 is 23.5 Å². The zero-order chi connectivity index (χ0) is 19.5. The molecule has 0 radical (unpaired) electrons. The molecule has 0 aliphatic carbocycles. The molecule has 0 N–H and O–H groups in total. The van der Waals surface area contributed by atoms with Crippen LogP contribution in [0, 0.1) is 5.92 Å². The van der Waals surface area contributed by atoms with E-state index in [1.54, 1.807) is 11.0 Å². The number of amides is 2. The number of likely N-dealkylation sites (tertiary alicyclic amines) is 1. The van der Waals surface area contributed by atoms with Crippen LogP contribution in [0.3, 0.4) is 0 Å². The lowest BCUT2D eigenvalue weighted by molar-refractivity contribution is -0.137. The molecule has 2 amide bonds. The molecule has 0 bridgehead atoms. The Morgan fingerprint density at radius 3 is 2.64 bits per heavy atom. The van der Waals surface area contributed by atoms with Gasteiger partial charge in [-0.05, 0) is 43.5 Å². The van der Waals surface area contributed by atoms with E-state index in [1.807, 2.05) is 30.0 Å². The van der Waals surface area contributed by atoms with Crippen LogP contribution in [-0.4, -0.2) is 48.0 Å². The maximum Gasteiger partial charge on any atom is 0.257 e. The zero-order valence-corrected chi connectivity index (χ0v) is 15.9. The Balaban J connectivity index is 1.35. The highest BCUT2D eigenvalue weighted by molar-refractivity contribution is 5.94. The highest BCUT2D eigenvalue weighted by Crippen LogP contribution is 2.33. The van der Waals surface area contributed by atoms with Crippen molar-refractivity contribution in [2.75, 3.05) is 26.4 Å². The summed E-state index contributed by atoms with van der Waals surface area (Å²) in [5.74, 6) is 1.53. The van der Waals surface area contributed by atoms with Crippen molar-refractivity contribution in [2.24, 2.45) is 5.92 Å². The third-order valence-corrected chi connectivity index (χ3v) is 5.40. The molecular formula is C21H24N2O5. The van der Waals surface area contributed by atoms with Crippen molar-refractivity contribution >= 4 is 11.8 Å².